The first kappa shape index (κ1) is 12.4. The first-order valence-electron chi connectivity index (χ1n) is 5.88. The van der Waals surface area contributed by atoms with Gasteiger partial charge in [-0.05, 0) is 38.0 Å². The van der Waals surface area contributed by atoms with E-state index in [0.717, 1.165) is 6.54 Å². The summed E-state index contributed by atoms with van der Waals surface area (Å²) in [4.78, 5) is 0. The van der Waals surface area contributed by atoms with E-state index in [1.165, 1.54) is 31.5 Å². The molecule has 0 amide bonds. The first-order chi connectivity index (χ1) is 6.40. The van der Waals surface area contributed by atoms with Crippen molar-refractivity contribution in [2.45, 2.75) is 51.1 Å². The van der Waals surface area contributed by atoms with E-state index in [-0.39, 0.29) is 0 Å². The van der Waals surface area contributed by atoms with Crippen molar-refractivity contribution in [1.82, 2.24) is 4.23 Å². The zero-order valence-corrected chi connectivity index (χ0v) is 12.3. The molecule has 0 aromatic rings. The molecule has 0 aromatic carbocycles. The first-order valence-corrected chi connectivity index (χ1v) is 12.2. The Morgan fingerprint density at radius 3 is 2.43 bits per heavy atom. The van der Waals surface area contributed by atoms with Gasteiger partial charge in [-0.2, -0.15) is 0 Å². The minimum Gasteiger partial charge on any atom is -0.345 e. The van der Waals surface area contributed by atoms with Gasteiger partial charge in [-0.15, -0.1) is 0 Å². The summed E-state index contributed by atoms with van der Waals surface area (Å²) in [7, 11) is -2.11. The van der Waals surface area contributed by atoms with Crippen LogP contribution in [0, 0.1) is 0 Å². The van der Waals surface area contributed by atoms with Gasteiger partial charge in [0.15, 0.2) is 0 Å². The molecule has 0 aliphatic carbocycles. The predicted molar refractivity (Wildman–Crippen MR) is 69.6 cm³/mol. The Morgan fingerprint density at radius 2 is 2.00 bits per heavy atom. The summed E-state index contributed by atoms with van der Waals surface area (Å²) < 4.78 is 2.94. The maximum atomic E-state index is 5.62. The molecule has 84 valence electrons. The highest BCUT2D eigenvalue weighted by Crippen LogP contribution is 2.32. The van der Waals surface area contributed by atoms with E-state index in [9.17, 15) is 0 Å². The van der Waals surface area contributed by atoms with E-state index in [0.29, 0.717) is 0 Å². The fraction of sp³-hybridized carbons (Fsp3) is 1.00. The Kier molecular flexibility index (Phi) is 3.97. The molecule has 4 heteroatoms. The highest BCUT2D eigenvalue weighted by molar-refractivity contribution is 6.91. The molecule has 0 bridgehead atoms. The molecule has 0 atom stereocenters. The summed E-state index contributed by atoms with van der Waals surface area (Å²) in [5, 5.41) is 0. The monoisotopic (exact) mass is 230 g/mol. The molecule has 2 nitrogen and oxygen atoms in total. The van der Waals surface area contributed by atoms with Gasteiger partial charge in [0, 0.05) is 0 Å². The number of hydrogen-bond donors (Lipinski definition) is 1. The fourth-order valence-corrected chi connectivity index (χ4v) is 14.3. The summed E-state index contributed by atoms with van der Waals surface area (Å²) in [5.41, 5.74) is 5.62. The summed E-state index contributed by atoms with van der Waals surface area (Å²) in [6.45, 7) is 12.4. The Bertz CT molecular complexity index is 193. The van der Waals surface area contributed by atoms with Crippen LogP contribution in [0.25, 0.3) is 0 Å². The van der Waals surface area contributed by atoms with E-state index < -0.39 is 16.5 Å². The van der Waals surface area contributed by atoms with Gasteiger partial charge in [-0.1, -0.05) is 26.2 Å². The molecule has 1 aliphatic heterocycles. The van der Waals surface area contributed by atoms with Crippen molar-refractivity contribution in [1.29, 1.82) is 0 Å². The number of nitrogens with zero attached hydrogens (tertiary/aromatic N) is 1. The smallest absolute Gasteiger partial charge is 0.115 e. The zero-order valence-electron chi connectivity index (χ0n) is 10.3. The SMILES string of the molecule is C[Si](C)(CCCN)N1CCC[Si]1(C)C. The van der Waals surface area contributed by atoms with Crippen LogP contribution in [0.1, 0.15) is 12.8 Å². The molecule has 0 spiro atoms. The highest BCUT2D eigenvalue weighted by Gasteiger charge is 2.42. The molecule has 0 aromatic heterocycles. The van der Waals surface area contributed by atoms with Crippen LogP contribution in [0.4, 0.5) is 0 Å². The third kappa shape index (κ3) is 2.69. The molecular formula is C10H26N2Si2. The second-order valence-corrected chi connectivity index (χ2v) is 15.5. The van der Waals surface area contributed by atoms with Gasteiger partial charge in [-0.3, -0.25) is 0 Å². The highest BCUT2D eigenvalue weighted by atomic mass is 28.4. The lowest BCUT2D eigenvalue weighted by atomic mass is 10.5. The number of rotatable bonds is 4. The zero-order chi connectivity index (χ0) is 10.8. The molecule has 0 unspecified atom stereocenters. The van der Waals surface area contributed by atoms with E-state index >= 15 is 0 Å². The molecule has 0 radical (unpaired) electrons. The summed E-state index contributed by atoms with van der Waals surface area (Å²) >= 11 is 0. The van der Waals surface area contributed by atoms with Gasteiger partial charge in [0.2, 0.25) is 0 Å². The van der Waals surface area contributed by atoms with Gasteiger partial charge >= 0.3 is 0 Å². The van der Waals surface area contributed by atoms with Crippen LogP contribution in [0.2, 0.25) is 38.3 Å². The average molecular weight is 231 g/mol. The van der Waals surface area contributed by atoms with Gasteiger partial charge in [-0.25, -0.2) is 0 Å². The van der Waals surface area contributed by atoms with Gasteiger partial charge in [0.1, 0.15) is 16.5 Å². The Labute approximate surface area is 91.0 Å². The van der Waals surface area contributed by atoms with E-state index in [2.05, 4.69) is 30.4 Å². The average Bonchev–Trinajstić information content (AvgIpc) is 2.42. The summed E-state index contributed by atoms with van der Waals surface area (Å²) in [6, 6.07) is 2.89. The maximum absolute atomic E-state index is 5.62. The predicted octanol–water partition coefficient (Wildman–Crippen LogP) is 2.45. The molecule has 1 saturated heterocycles. The Morgan fingerprint density at radius 1 is 1.36 bits per heavy atom. The topological polar surface area (TPSA) is 29.3 Å². The number of hydrogen-bond acceptors (Lipinski definition) is 2. The Hall–Kier alpha value is 0.354. The molecule has 1 fully saturated rings. The fourth-order valence-electron chi connectivity index (χ4n) is 2.90. The number of nitrogens with two attached hydrogens (primary N) is 1. The van der Waals surface area contributed by atoms with Crippen LogP contribution < -0.4 is 5.73 Å². The minimum absolute atomic E-state index is 0.867. The second-order valence-electron chi connectivity index (χ2n) is 5.77. The normalized spacial score (nSPS) is 22.9. The molecule has 14 heavy (non-hydrogen) atoms. The van der Waals surface area contributed by atoms with Crippen LogP contribution in [0.3, 0.4) is 0 Å². The third-order valence-corrected chi connectivity index (χ3v) is 13.8. The molecule has 1 aliphatic rings. The van der Waals surface area contributed by atoms with Gasteiger partial charge in [0.05, 0.1) is 0 Å². The van der Waals surface area contributed by atoms with E-state index in [1.54, 1.807) is 0 Å². The minimum atomic E-state index is -1.11. The lowest BCUT2D eigenvalue weighted by Gasteiger charge is -2.42. The van der Waals surface area contributed by atoms with Crippen LogP contribution in [0.5, 0.6) is 0 Å². The van der Waals surface area contributed by atoms with Crippen molar-refractivity contribution in [2.24, 2.45) is 5.73 Å². The van der Waals surface area contributed by atoms with E-state index in [4.69, 9.17) is 5.73 Å². The van der Waals surface area contributed by atoms with Crippen molar-refractivity contribution < 1.29 is 0 Å². The van der Waals surface area contributed by atoms with Crippen molar-refractivity contribution in [3.8, 4) is 0 Å². The standard InChI is InChI=1S/C10H26N2Si2/c1-13(2,9-5-7-11)12-8-6-10-14(12,3)4/h5-11H2,1-4H3. The maximum Gasteiger partial charge on any atom is 0.115 e. The van der Waals surface area contributed by atoms with Crippen LogP contribution >= 0.6 is 0 Å². The third-order valence-electron chi connectivity index (χ3n) is 3.62. The quantitative estimate of drug-likeness (QED) is 0.752. The lowest BCUT2D eigenvalue weighted by molar-refractivity contribution is 0.648. The van der Waals surface area contributed by atoms with Crippen LogP contribution in [0.15, 0.2) is 0 Å². The van der Waals surface area contributed by atoms with Crippen molar-refractivity contribution in [3.05, 3.63) is 0 Å². The molecule has 1 rings (SSSR count). The van der Waals surface area contributed by atoms with Crippen molar-refractivity contribution in [2.75, 3.05) is 13.1 Å². The Balaban J connectivity index is 2.61. The molecule has 1 heterocycles. The molecular weight excluding hydrogens is 204 g/mol. The molecule has 2 N–H and O–H groups in total. The lowest BCUT2D eigenvalue weighted by Crippen LogP contribution is -2.58. The van der Waals surface area contributed by atoms with E-state index in [1.807, 2.05) is 0 Å². The van der Waals surface area contributed by atoms with Crippen LogP contribution in [-0.4, -0.2) is 33.8 Å². The summed E-state index contributed by atoms with van der Waals surface area (Å²) in [5.74, 6) is 0. The largest absolute Gasteiger partial charge is 0.345 e. The van der Waals surface area contributed by atoms with Gasteiger partial charge < -0.3 is 9.96 Å². The second kappa shape index (κ2) is 4.47. The summed E-state index contributed by atoms with van der Waals surface area (Å²) in [6.07, 6.45) is 2.67. The van der Waals surface area contributed by atoms with Gasteiger partial charge in [0.25, 0.3) is 0 Å². The van der Waals surface area contributed by atoms with Crippen molar-refractivity contribution >= 4 is 16.5 Å². The van der Waals surface area contributed by atoms with Crippen LogP contribution in [-0.2, 0) is 0 Å². The molecule has 0 saturated carbocycles. The van der Waals surface area contributed by atoms with Crippen molar-refractivity contribution in [3.63, 3.8) is 0 Å².